The second-order valence-electron chi connectivity index (χ2n) is 2.98. The number of amides is 1. The summed E-state index contributed by atoms with van der Waals surface area (Å²) in [6, 6.07) is 4.56. The van der Waals surface area contributed by atoms with E-state index < -0.39 is 21.4 Å². The predicted molar refractivity (Wildman–Crippen MR) is 74.3 cm³/mol. The topological polar surface area (TPSA) is 63.2 Å². The van der Waals surface area contributed by atoms with Gasteiger partial charge in [0.2, 0.25) is 0 Å². The summed E-state index contributed by atoms with van der Waals surface area (Å²) in [7, 11) is -5.68. The van der Waals surface area contributed by atoms with Crippen LogP contribution in [0.25, 0.3) is 0 Å². The molecule has 1 aromatic rings. The lowest BCUT2D eigenvalue weighted by atomic mass is 10.2. The SMILES string of the molecule is O=C(NS(=O)(=O)C(F)(F)F)c1c(I)cccc1I. The second kappa shape index (κ2) is 5.48. The fourth-order valence-electron chi connectivity index (χ4n) is 0.946. The first kappa shape index (κ1) is 15.9. The van der Waals surface area contributed by atoms with Crippen molar-refractivity contribution >= 4 is 61.1 Å². The number of hydrogen-bond donors (Lipinski definition) is 1. The molecule has 0 heterocycles. The van der Waals surface area contributed by atoms with E-state index in [1.54, 1.807) is 51.2 Å². The van der Waals surface area contributed by atoms with E-state index in [1.165, 1.54) is 12.1 Å². The molecule has 0 spiro atoms. The number of nitrogens with one attached hydrogen (secondary N) is 1. The van der Waals surface area contributed by atoms with E-state index in [9.17, 15) is 26.4 Å². The fourth-order valence-corrected chi connectivity index (χ4v) is 3.41. The predicted octanol–water partition coefficient (Wildman–Crippen LogP) is 2.48. The van der Waals surface area contributed by atoms with Gasteiger partial charge in [-0.25, -0.2) is 4.72 Å². The minimum Gasteiger partial charge on any atom is -0.268 e. The molecule has 0 saturated carbocycles. The normalized spacial score (nSPS) is 12.3. The number of alkyl halides is 3. The van der Waals surface area contributed by atoms with Crippen LogP contribution in [-0.2, 0) is 10.0 Å². The molecular formula is C8H4F3I2NO3S. The zero-order valence-electron chi connectivity index (χ0n) is 8.25. The van der Waals surface area contributed by atoms with Crippen LogP contribution in [0.2, 0.25) is 0 Å². The number of carbonyl (C=O) groups is 1. The van der Waals surface area contributed by atoms with E-state index >= 15 is 0 Å². The van der Waals surface area contributed by atoms with Crippen LogP contribution < -0.4 is 4.72 Å². The molecule has 10 heteroatoms. The van der Waals surface area contributed by atoms with Crippen LogP contribution in [-0.4, -0.2) is 19.8 Å². The first-order chi connectivity index (χ1) is 8.06. The largest absolute Gasteiger partial charge is 0.516 e. The summed E-state index contributed by atoms with van der Waals surface area (Å²) in [4.78, 5) is 11.5. The Morgan fingerprint density at radius 1 is 1.17 bits per heavy atom. The van der Waals surface area contributed by atoms with Crippen molar-refractivity contribution in [2.24, 2.45) is 0 Å². The van der Waals surface area contributed by atoms with Gasteiger partial charge in [-0.15, -0.1) is 0 Å². The molecule has 1 N–H and O–H groups in total. The smallest absolute Gasteiger partial charge is 0.268 e. The van der Waals surface area contributed by atoms with Gasteiger partial charge >= 0.3 is 15.5 Å². The number of carbonyl (C=O) groups excluding carboxylic acids is 1. The monoisotopic (exact) mass is 505 g/mol. The Morgan fingerprint density at radius 3 is 2.00 bits per heavy atom. The van der Waals surface area contributed by atoms with Crippen molar-refractivity contribution in [2.75, 3.05) is 0 Å². The summed E-state index contributed by atoms with van der Waals surface area (Å²) >= 11 is 3.46. The standard InChI is InChI=1S/C8H4F3I2NO3S/c9-8(10,11)18(16,17)14-7(15)6-4(12)2-1-3-5(6)13/h1-3H,(H,14,15). The maximum atomic E-state index is 12.1. The van der Waals surface area contributed by atoms with Crippen LogP contribution in [0.5, 0.6) is 0 Å². The third kappa shape index (κ3) is 3.46. The number of halogens is 5. The first-order valence-electron chi connectivity index (χ1n) is 4.13. The molecule has 1 amide bonds. The van der Waals surface area contributed by atoms with Crippen molar-refractivity contribution in [2.45, 2.75) is 5.51 Å². The van der Waals surface area contributed by atoms with Crippen molar-refractivity contribution in [3.05, 3.63) is 30.9 Å². The van der Waals surface area contributed by atoms with E-state index in [0.29, 0.717) is 7.14 Å². The molecule has 0 fully saturated rings. The molecule has 4 nitrogen and oxygen atoms in total. The molecule has 0 aliphatic heterocycles. The average molecular weight is 505 g/mol. The molecule has 0 atom stereocenters. The molecule has 0 radical (unpaired) electrons. The molecule has 0 aliphatic carbocycles. The lowest BCUT2D eigenvalue weighted by Crippen LogP contribution is -2.40. The Bertz CT molecular complexity index is 565. The third-order valence-electron chi connectivity index (χ3n) is 1.72. The van der Waals surface area contributed by atoms with Crippen LogP contribution in [0.4, 0.5) is 13.2 Å². The van der Waals surface area contributed by atoms with E-state index in [4.69, 9.17) is 0 Å². The highest BCUT2D eigenvalue weighted by molar-refractivity contribution is 14.1. The van der Waals surface area contributed by atoms with Crippen molar-refractivity contribution in [3.63, 3.8) is 0 Å². The number of rotatable bonds is 2. The molecule has 1 rings (SSSR count). The minimum atomic E-state index is -5.68. The van der Waals surface area contributed by atoms with Gasteiger partial charge in [-0.1, -0.05) is 6.07 Å². The van der Waals surface area contributed by atoms with Crippen molar-refractivity contribution in [1.29, 1.82) is 0 Å². The van der Waals surface area contributed by atoms with Gasteiger partial charge in [-0.3, -0.25) is 4.79 Å². The summed E-state index contributed by atoms with van der Waals surface area (Å²) in [5.74, 6) is -1.30. The molecule has 0 saturated heterocycles. The Kier molecular flexibility index (Phi) is 4.86. The lowest BCUT2D eigenvalue weighted by Gasteiger charge is -2.11. The maximum absolute atomic E-state index is 12.1. The Labute approximate surface area is 128 Å². The molecule has 0 unspecified atom stereocenters. The molecule has 0 bridgehead atoms. The molecule has 0 aromatic heterocycles. The highest BCUT2D eigenvalue weighted by Gasteiger charge is 2.47. The van der Waals surface area contributed by atoms with Crippen molar-refractivity contribution in [3.8, 4) is 0 Å². The molecule has 1 aromatic carbocycles. The maximum Gasteiger partial charge on any atom is 0.516 e. The van der Waals surface area contributed by atoms with Gasteiger partial charge in [0, 0.05) is 7.14 Å². The quantitative estimate of drug-likeness (QED) is 0.629. The number of benzene rings is 1. The van der Waals surface area contributed by atoms with Crippen LogP contribution in [0.1, 0.15) is 10.4 Å². The highest BCUT2D eigenvalue weighted by Crippen LogP contribution is 2.24. The molecular weight excluding hydrogens is 501 g/mol. The van der Waals surface area contributed by atoms with Crippen molar-refractivity contribution in [1.82, 2.24) is 4.72 Å². The van der Waals surface area contributed by atoms with Gasteiger partial charge in [0.15, 0.2) is 0 Å². The van der Waals surface area contributed by atoms with Gasteiger partial charge in [0.25, 0.3) is 5.91 Å². The summed E-state index contributed by atoms with van der Waals surface area (Å²) < 4.78 is 59.6. The van der Waals surface area contributed by atoms with Gasteiger partial charge in [-0.05, 0) is 57.3 Å². The van der Waals surface area contributed by atoms with Crippen LogP contribution in [0, 0.1) is 7.14 Å². The van der Waals surface area contributed by atoms with Crippen LogP contribution >= 0.6 is 45.2 Å². The summed E-state index contributed by atoms with van der Waals surface area (Å²) in [5.41, 5.74) is -5.62. The van der Waals surface area contributed by atoms with Gasteiger partial charge in [-0.2, -0.15) is 21.6 Å². The average Bonchev–Trinajstić information content (AvgIpc) is 2.14. The summed E-state index contributed by atoms with van der Waals surface area (Å²) in [6.07, 6.45) is 0. The van der Waals surface area contributed by atoms with Crippen LogP contribution in [0.3, 0.4) is 0 Å². The summed E-state index contributed by atoms with van der Waals surface area (Å²) in [5, 5.41) is 0. The van der Waals surface area contributed by atoms with E-state index in [0.717, 1.165) is 4.72 Å². The van der Waals surface area contributed by atoms with E-state index in [1.807, 2.05) is 0 Å². The van der Waals surface area contributed by atoms with Gasteiger partial charge in [0.05, 0.1) is 5.56 Å². The summed E-state index contributed by atoms with van der Waals surface area (Å²) in [6.45, 7) is 0. The second-order valence-corrected chi connectivity index (χ2v) is 6.98. The Hall–Kier alpha value is -0.110. The molecule has 0 aliphatic rings. The number of hydrogen-bond acceptors (Lipinski definition) is 3. The van der Waals surface area contributed by atoms with Crippen molar-refractivity contribution < 1.29 is 26.4 Å². The fraction of sp³-hybridized carbons (Fsp3) is 0.125. The third-order valence-corrected chi connectivity index (χ3v) is 4.58. The van der Waals surface area contributed by atoms with Gasteiger partial charge < -0.3 is 0 Å². The van der Waals surface area contributed by atoms with E-state index in [-0.39, 0.29) is 5.56 Å². The number of sulfonamides is 1. The van der Waals surface area contributed by atoms with E-state index in [2.05, 4.69) is 0 Å². The lowest BCUT2D eigenvalue weighted by molar-refractivity contribution is -0.0446. The molecule has 100 valence electrons. The van der Waals surface area contributed by atoms with Crippen LogP contribution in [0.15, 0.2) is 18.2 Å². The zero-order chi connectivity index (χ0) is 14.1. The highest BCUT2D eigenvalue weighted by atomic mass is 127. The Morgan fingerprint density at radius 2 is 1.61 bits per heavy atom. The Balaban J connectivity index is 3.12. The first-order valence-corrected chi connectivity index (χ1v) is 7.78. The minimum absolute atomic E-state index is 0.105. The zero-order valence-corrected chi connectivity index (χ0v) is 13.4. The van der Waals surface area contributed by atoms with Gasteiger partial charge in [0.1, 0.15) is 0 Å². The molecule has 18 heavy (non-hydrogen) atoms.